The molecular formula is C11H14N2O2. The summed E-state index contributed by atoms with van der Waals surface area (Å²) in [6.07, 6.45) is 0. The second-order valence-electron chi connectivity index (χ2n) is 3.63. The van der Waals surface area contributed by atoms with Crippen LogP contribution >= 0.6 is 0 Å². The molecule has 1 heterocycles. The van der Waals surface area contributed by atoms with Crippen LogP contribution in [0.5, 0.6) is 5.75 Å². The van der Waals surface area contributed by atoms with Crippen molar-refractivity contribution in [3.05, 3.63) is 18.2 Å². The third-order valence-corrected chi connectivity index (χ3v) is 2.81. The summed E-state index contributed by atoms with van der Waals surface area (Å²) in [7, 11) is 3.50. The highest BCUT2D eigenvalue weighted by atomic mass is 16.5. The van der Waals surface area contributed by atoms with Gasteiger partial charge < -0.3 is 15.0 Å². The minimum absolute atomic E-state index is 0.00509. The number of hydrogen-bond acceptors (Lipinski definition) is 3. The van der Waals surface area contributed by atoms with E-state index in [1.165, 1.54) is 0 Å². The number of ether oxygens (including phenoxy) is 1. The van der Waals surface area contributed by atoms with Gasteiger partial charge in [0.2, 0.25) is 5.91 Å². The number of benzene rings is 1. The number of methoxy groups -OCH3 is 1. The number of amides is 1. The van der Waals surface area contributed by atoms with E-state index < -0.39 is 0 Å². The number of nitrogens with one attached hydrogen (secondary N) is 1. The van der Waals surface area contributed by atoms with Gasteiger partial charge in [0.1, 0.15) is 17.5 Å². The van der Waals surface area contributed by atoms with Crippen molar-refractivity contribution in [1.82, 2.24) is 0 Å². The van der Waals surface area contributed by atoms with Crippen molar-refractivity contribution in [2.45, 2.75) is 13.0 Å². The van der Waals surface area contributed by atoms with Crippen molar-refractivity contribution >= 4 is 17.3 Å². The predicted molar refractivity (Wildman–Crippen MR) is 59.5 cm³/mol. The molecule has 1 atom stereocenters. The lowest BCUT2D eigenvalue weighted by molar-refractivity contribution is -0.117. The first-order valence-electron chi connectivity index (χ1n) is 4.86. The predicted octanol–water partition coefficient (Wildman–Crippen LogP) is 1.47. The number of rotatable bonds is 1. The molecule has 0 spiro atoms. The zero-order valence-electron chi connectivity index (χ0n) is 9.07. The fourth-order valence-electron chi connectivity index (χ4n) is 1.72. The molecule has 1 amide bonds. The lowest BCUT2D eigenvalue weighted by Crippen LogP contribution is -2.43. The summed E-state index contributed by atoms with van der Waals surface area (Å²) in [5.41, 5.74) is 1.74. The van der Waals surface area contributed by atoms with Crippen LogP contribution in [0.4, 0.5) is 11.4 Å². The number of hydrogen-bond donors (Lipinski definition) is 1. The third-order valence-electron chi connectivity index (χ3n) is 2.81. The van der Waals surface area contributed by atoms with Gasteiger partial charge in [-0.1, -0.05) is 6.07 Å². The topological polar surface area (TPSA) is 41.6 Å². The molecule has 0 fully saturated rings. The third kappa shape index (κ3) is 1.42. The van der Waals surface area contributed by atoms with Gasteiger partial charge in [-0.05, 0) is 19.1 Å². The minimum atomic E-state index is -0.149. The molecule has 0 aliphatic carbocycles. The van der Waals surface area contributed by atoms with Crippen LogP contribution in [0, 0.1) is 0 Å². The lowest BCUT2D eigenvalue weighted by atomic mass is 10.1. The maximum absolute atomic E-state index is 11.6. The summed E-state index contributed by atoms with van der Waals surface area (Å²) in [6, 6.07) is 5.57. The number of anilines is 2. The Hall–Kier alpha value is -1.71. The normalized spacial score (nSPS) is 19.5. The molecule has 1 aliphatic heterocycles. The standard InChI is InChI=1S/C11H14N2O2/c1-7-11(14)12-10-8(13(7)2)5-4-6-9(10)15-3/h4-7H,1-3H3,(H,12,14). The lowest BCUT2D eigenvalue weighted by Gasteiger charge is -2.33. The molecule has 1 aromatic rings. The molecule has 1 aliphatic rings. The molecule has 1 unspecified atom stereocenters. The Balaban J connectivity index is 2.54. The van der Waals surface area contributed by atoms with Crippen LogP contribution in [-0.4, -0.2) is 26.1 Å². The first-order chi connectivity index (χ1) is 7.15. The molecular weight excluding hydrogens is 192 g/mol. The second-order valence-corrected chi connectivity index (χ2v) is 3.63. The van der Waals surface area contributed by atoms with Crippen molar-refractivity contribution in [2.24, 2.45) is 0 Å². The summed E-state index contributed by atoms with van der Waals surface area (Å²) < 4.78 is 5.20. The number of carbonyl (C=O) groups is 1. The molecule has 0 saturated heterocycles. The molecule has 80 valence electrons. The van der Waals surface area contributed by atoms with Crippen LogP contribution in [-0.2, 0) is 4.79 Å². The first-order valence-corrected chi connectivity index (χ1v) is 4.86. The van der Waals surface area contributed by atoms with E-state index in [1.54, 1.807) is 7.11 Å². The second kappa shape index (κ2) is 3.46. The molecule has 4 nitrogen and oxygen atoms in total. The fraction of sp³-hybridized carbons (Fsp3) is 0.364. The van der Waals surface area contributed by atoms with E-state index in [4.69, 9.17) is 4.74 Å². The highest BCUT2D eigenvalue weighted by molar-refractivity contribution is 6.04. The molecule has 0 radical (unpaired) electrons. The largest absolute Gasteiger partial charge is 0.494 e. The van der Waals surface area contributed by atoms with Crippen molar-refractivity contribution < 1.29 is 9.53 Å². The Morgan fingerprint density at radius 2 is 2.20 bits per heavy atom. The molecule has 1 aromatic carbocycles. The van der Waals surface area contributed by atoms with Crippen LogP contribution in [0.2, 0.25) is 0 Å². The quantitative estimate of drug-likeness (QED) is 0.756. The first kappa shape index (κ1) is 9.83. The maximum Gasteiger partial charge on any atom is 0.246 e. The van der Waals surface area contributed by atoms with Crippen molar-refractivity contribution in [2.75, 3.05) is 24.4 Å². The van der Waals surface area contributed by atoms with Gasteiger partial charge in [0.15, 0.2) is 0 Å². The number of carbonyl (C=O) groups excluding carboxylic acids is 1. The summed E-state index contributed by atoms with van der Waals surface area (Å²) in [5.74, 6) is 0.689. The van der Waals surface area contributed by atoms with Crippen LogP contribution in [0.15, 0.2) is 18.2 Å². The Kier molecular flexibility index (Phi) is 2.26. The maximum atomic E-state index is 11.6. The van der Waals surface area contributed by atoms with E-state index in [9.17, 15) is 4.79 Å². The Morgan fingerprint density at radius 1 is 1.47 bits per heavy atom. The van der Waals surface area contributed by atoms with Crippen molar-refractivity contribution in [3.8, 4) is 5.75 Å². The van der Waals surface area contributed by atoms with Gasteiger partial charge in [0.05, 0.1) is 12.8 Å². The summed E-state index contributed by atoms with van der Waals surface area (Å²) in [4.78, 5) is 13.6. The molecule has 0 saturated carbocycles. The summed E-state index contributed by atoms with van der Waals surface area (Å²) >= 11 is 0. The zero-order valence-corrected chi connectivity index (χ0v) is 9.07. The zero-order chi connectivity index (χ0) is 11.0. The SMILES string of the molecule is COc1cccc2c1NC(=O)C(C)N2C. The van der Waals surface area contributed by atoms with Gasteiger partial charge in [-0.2, -0.15) is 0 Å². The van der Waals surface area contributed by atoms with Gasteiger partial charge in [-0.15, -0.1) is 0 Å². The van der Waals surface area contributed by atoms with Gasteiger partial charge in [-0.25, -0.2) is 0 Å². The number of para-hydroxylation sites is 1. The Bertz CT molecular complexity index is 404. The van der Waals surface area contributed by atoms with E-state index in [-0.39, 0.29) is 11.9 Å². The number of fused-ring (bicyclic) bond motifs is 1. The highest BCUT2D eigenvalue weighted by Crippen LogP contribution is 2.38. The van der Waals surface area contributed by atoms with Crippen LogP contribution in [0.3, 0.4) is 0 Å². The van der Waals surface area contributed by atoms with Crippen LogP contribution < -0.4 is 15.0 Å². The Morgan fingerprint density at radius 3 is 2.87 bits per heavy atom. The van der Waals surface area contributed by atoms with Crippen molar-refractivity contribution in [3.63, 3.8) is 0 Å². The van der Waals surface area contributed by atoms with E-state index in [0.29, 0.717) is 5.75 Å². The van der Waals surface area contributed by atoms with Crippen molar-refractivity contribution in [1.29, 1.82) is 0 Å². The molecule has 2 rings (SSSR count). The van der Waals surface area contributed by atoms with Gasteiger partial charge in [0.25, 0.3) is 0 Å². The summed E-state index contributed by atoms with van der Waals surface area (Å²) in [6.45, 7) is 1.87. The minimum Gasteiger partial charge on any atom is -0.494 e. The molecule has 1 N–H and O–H groups in total. The van der Waals surface area contributed by atoms with Gasteiger partial charge in [0, 0.05) is 7.05 Å². The number of likely N-dealkylation sites (N-methyl/N-ethyl adjacent to an activating group) is 1. The van der Waals surface area contributed by atoms with E-state index in [1.807, 2.05) is 37.1 Å². The van der Waals surface area contributed by atoms with E-state index in [0.717, 1.165) is 11.4 Å². The average molecular weight is 206 g/mol. The molecule has 0 aromatic heterocycles. The average Bonchev–Trinajstić information content (AvgIpc) is 2.25. The van der Waals surface area contributed by atoms with E-state index >= 15 is 0 Å². The Labute approximate surface area is 88.8 Å². The number of nitrogens with zero attached hydrogens (tertiary/aromatic N) is 1. The fourth-order valence-corrected chi connectivity index (χ4v) is 1.72. The van der Waals surface area contributed by atoms with Gasteiger partial charge in [-0.3, -0.25) is 4.79 Å². The smallest absolute Gasteiger partial charge is 0.246 e. The molecule has 4 heteroatoms. The molecule has 0 bridgehead atoms. The van der Waals surface area contributed by atoms with E-state index in [2.05, 4.69) is 5.32 Å². The highest BCUT2D eigenvalue weighted by Gasteiger charge is 2.28. The monoisotopic (exact) mass is 206 g/mol. The van der Waals surface area contributed by atoms with Crippen LogP contribution in [0.25, 0.3) is 0 Å². The van der Waals surface area contributed by atoms with Gasteiger partial charge >= 0.3 is 0 Å². The van der Waals surface area contributed by atoms with Crippen LogP contribution in [0.1, 0.15) is 6.92 Å². The molecule has 15 heavy (non-hydrogen) atoms. The summed E-state index contributed by atoms with van der Waals surface area (Å²) in [5, 5.41) is 2.85.